The van der Waals surface area contributed by atoms with Crippen molar-refractivity contribution in [1.29, 1.82) is 0 Å². The molecule has 1 unspecified atom stereocenters. The van der Waals surface area contributed by atoms with Gasteiger partial charge >= 0.3 is 0 Å². The van der Waals surface area contributed by atoms with Gasteiger partial charge in [-0.1, -0.05) is 6.07 Å². The lowest BCUT2D eigenvalue weighted by Gasteiger charge is -2.10. The van der Waals surface area contributed by atoms with E-state index < -0.39 is 0 Å². The van der Waals surface area contributed by atoms with E-state index in [9.17, 15) is 4.79 Å². The molecular weight excluding hydrogens is 273 g/mol. The molecule has 0 aliphatic carbocycles. The van der Waals surface area contributed by atoms with Gasteiger partial charge in [-0.2, -0.15) is 0 Å². The number of halogens is 2. The molecule has 0 radical (unpaired) electrons. The fourth-order valence-electron chi connectivity index (χ4n) is 1.97. The summed E-state index contributed by atoms with van der Waals surface area (Å²) < 4.78 is 0. The number of hydrogen-bond donors (Lipinski definition) is 1. The molecule has 1 fully saturated rings. The van der Waals surface area contributed by atoms with E-state index in [0.29, 0.717) is 6.54 Å². The van der Waals surface area contributed by atoms with Gasteiger partial charge in [-0.05, 0) is 32.1 Å². The molecule has 1 aliphatic heterocycles. The van der Waals surface area contributed by atoms with Crippen molar-refractivity contribution in [2.24, 2.45) is 5.92 Å². The highest BCUT2D eigenvalue weighted by atomic mass is 35.5. The van der Waals surface area contributed by atoms with Crippen molar-refractivity contribution in [3.63, 3.8) is 0 Å². The van der Waals surface area contributed by atoms with Crippen molar-refractivity contribution in [1.82, 2.24) is 15.2 Å². The Morgan fingerprint density at radius 3 is 2.83 bits per heavy atom. The quantitative estimate of drug-likeness (QED) is 0.918. The van der Waals surface area contributed by atoms with Gasteiger partial charge in [-0.25, -0.2) is 0 Å². The number of nitrogens with one attached hydrogen (secondary N) is 1. The number of pyridine rings is 1. The fourth-order valence-corrected chi connectivity index (χ4v) is 1.97. The predicted octanol–water partition coefficient (Wildman–Crippen LogP) is 1.49. The van der Waals surface area contributed by atoms with E-state index in [-0.39, 0.29) is 36.6 Å². The standard InChI is InChI=1S/C12H17N3O.2ClH/c1-15-7-5-10(9-15)12(16)14-8-11-4-2-3-6-13-11;;/h2-4,6,10H,5,7-9H2,1H3,(H,14,16);2*1H. The lowest BCUT2D eigenvalue weighted by atomic mass is 10.1. The third-order valence-corrected chi connectivity index (χ3v) is 2.93. The van der Waals surface area contributed by atoms with Crippen LogP contribution in [0, 0.1) is 5.92 Å². The molecule has 6 heteroatoms. The highest BCUT2D eigenvalue weighted by molar-refractivity contribution is 5.85. The van der Waals surface area contributed by atoms with E-state index in [4.69, 9.17) is 0 Å². The van der Waals surface area contributed by atoms with E-state index in [1.54, 1.807) is 6.20 Å². The molecule has 2 heterocycles. The van der Waals surface area contributed by atoms with Crippen LogP contribution in [-0.2, 0) is 11.3 Å². The van der Waals surface area contributed by atoms with E-state index in [1.807, 2.05) is 25.2 Å². The van der Waals surface area contributed by atoms with E-state index in [1.165, 1.54) is 0 Å². The van der Waals surface area contributed by atoms with Crippen LogP contribution < -0.4 is 5.32 Å². The average Bonchev–Trinajstić information content (AvgIpc) is 2.74. The molecule has 2 rings (SSSR count). The Balaban J connectivity index is 0.00000144. The number of hydrogen-bond acceptors (Lipinski definition) is 3. The summed E-state index contributed by atoms with van der Waals surface area (Å²) in [4.78, 5) is 18.2. The summed E-state index contributed by atoms with van der Waals surface area (Å²) in [5.41, 5.74) is 0.905. The van der Waals surface area contributed by atoms with Crippen LogP contribution in [0.2, 0.25) is 0 Å². The Kier molecular flexibility index (Phi) is 7.91. The zero-order valence-electron chi connectivity index (χ0n) is 10.3. The lowest BCUT2D eigenvalue weighted by Crippen LogP contribution is -2.31. The fraction of sp³-hybridized carbons (Fsp3) is 0.500. The van der Waals surface area contributed by atoms with Crippen LogP contribution in [0.15, 0.2) is 24.4 Å². The monoisotopic (exact) mass is 291 g/mol. The molecule has 1 atom stereocenters. The lowest BCUT2D eigenvalue weighted by molar-refractivity contribution is -0.124. The first-order valence-corrected chi connectivity index (χ1v) is 5.62. The van der Waals surface area contributed by atoms with Crippen molar-refractivity contribution < 1.29 is 4.79 Å². The Morgan fingerprint density at radius 1 is 1.50 bits per heavy atom. The van der Waals surface area contributed by atoms with Crippen LogP contribution in [0.3, 0.4) is 0 Å². The minimum atomic E-state index is 0. The Bertz CT molecular complexity index is 362. The predicted molar refractivity (Wildman–Crippen MR) is 76.2 cm³/mol. The second-order valence-corrected chi connectivity index (χ2v) is 4.29. The Morgan fingerprint density at radius 2 is 2.28 bits per heavy atom. The number of likely N-dealkylation sites (tertiary alicyclic amines) is 1. The molecule has 0 bridgehead atoms. The molecule has 0 aromatic carbocycles. The molecule has 0 spiro atoms. The minimum Gasteiger partial charge on any atom is -0.350 e. The van der Waals surface area contributed by atoms with Crippen molar-refractivity contribution in [3.8, 4) is 0 Å². The third kappa shape index (κ3) is 4.80. The van der Waals surface area contributed by atoms with Crippen molar-refractivity contribution in [2.45, 2.75) is 13.0 Å². The summed E-state index contributed by atoms with van der Waals surface area (Å²) in [5, 5.41) is 2.93. The first-order valence-electron chi connectivity index (χ1n) is 5.62. The molecule has 1 aromatic rings. The number of amides is 1. The Labute approximate surface area is 120 Å². The molecule has 0 saturated carbocycles. The summed E-state index contributed by atoms with van der Waals surface area (Å²) in [6, 6.07) is 5.72. The van der Waals surface area contributed by atoms with Gasteiger partial charge in [0.05, 0.1) is 18.2 Å². The maximum atomic E-state index is 11.8. The Hall–Kier alpha value is -0.840. The number of carbonyl (C=O) groups is 1. The number of rotatable bonds is 3. The zero-order chi connectivity index (χ0) is 11.4. The SMILES string of the molecule is CN1CCC(C(=O)NCc2ccccn2)C1.Cl.Cl. The van der Waals surface area contributed by atoms with Crippen molar-refractivity contribution in [2.75, 3.05) is 20.1 Å². The summed E-state index contributed by atoms with van der Waals surface area (Å²) >= 11 is 0. The highest BCUT2D eigenvalue weighted by Crippen LogP contribution is 2.14. The second-order valence-electron chi connectivity index (χ2n) is 4.29. The number of nitrogens with zero attached hydrogens (tertiary/aromatic N) is 2. The molecular formula is C12H19Cl2N3O. The first kappa shape index (κ1) is 17.2. The molecule has 1 aliphatic rings. The molecule has 4 nitrogen and oxygen atoms in total. The zero-order valence-corrected chi connectivity index (χ0v) is 12.0. The molecule has 1 saturated heterocycles. The minimum absolute atomic E-state index is 0. The van der Waals surface area contributed by atoms with Crippen LogP contribution in [0.1, 0.15) is 12.1 Å². The van der Waals surface area contributed by atoms with Crippen LogP contribution in [0.25, 0.3) is 0 Å². The molecule has 1 aromatic heterocycles. The maximum absolute atomic E-state index is 11.8. The van der Waals surface area contributed by atoms with E-state index in [2.05, 4.69) is 15.2 Å². The maximum Gasteiger partial charge on any atom is 0.224 e. The highest BCUT2D eigenvalue weighted by Gasteiger charge is 2.25. The molecule has 1 N–H and O–H groups in total. The second kappa shape index (κ2) is 8.29. The summed E-state index contributed by atoms with van der Waals surface area (Å²) in [6.07, 6.45) is 2.70. The van der Waals surface area contributed by atoms with Gasteiger partial charge in [-0.3, -0.25) is 9.78 Å². The van der Waals surface area contributed by atoms with Gasteiger partial charge in [-0.15, -0.1) is 24.8 Å². The van der Waals surface area contributed by atoms with Gasteiger partial charge in [0, 0.05) is 12.7 Å². The topological polar surface area (TPSA) is 45.2 Å². The largest absolute Gasteiger partial charge is 0.350 e. The summed E-state index contributed by atoms with van der Waals surface area (Å²) in [7, 11) is 2.05. The van der Waals surface area contributed by atoms with E-state index in [0.717, 1.165) is 25.2 Å². The van der Waals surface area contributed by atoms with Crippen molar-refractivity contribution >= 4 is 30.7 Å². The van der Waals surface area contributed by atoms with Crippen molar-refractivity contribution in [3.05, 3.63) is 30.1 Å². The smallest absolute Gasteiger partial charge is 0.224 e. The number of carbonyl (C=O) groups excluding carboxylic acids is 1. The molecule has 1 amide bonds. The van der Waals surface area contributed by atoms with Crippen LogP contribution in [-0.4, -0.2) is 35.9 Å². The normalized spacial score (nSPS) is 18.6. The number of aromatic nitrogens is 1. The summed E-state index contributed by atoms with van der Waals surface area (Å²) in [6.45, 7) is 2.41. The summed E-state index contributed by atoms with van der Waals surface area (Å²) in [5.74, 6) is 0.295. The molecule has 18 heavy (non-hydrogen) atoms. The van der Waals surface area contributed by atoms with Gasteiger partial charge in [0.2, 0.25) is 5.91 Å². The van der Waals surface area contributed by atoms with Gasteiger partial charge in [0.15, 0.2) is 0 Å². The van der Waals surface area contributed by atoms with Gasteiger partial charge in [0.1, 0.15) is 0 Å². The average molecular weight is 292 g/mol. The first-order chi connectivity index (χ1) is 7.75. The van der Waals surface area contributed by atoms with Gasteiger partial charge < -0.3 is 10.2 Å². The van der Waals surface area contributed by atoms with E-state index >= 15 is 0 Å². The van der Waals surface area contributed by atoms with Crippen LogP contribution in [0.4, 0.5) is 0 Å². The van der Waals surface area contributed by atoms with Gasteiger partial charge in [0.25, 0.3) is 0 Å². The third-order valence-electron chi connectivity index (χ3n) is 2.93. The molecule has 102 valence electrons. The van der Waals surface area contributed by atoms with Crippen LogP contribution in [0.5, 0.6) is 0 Å². The van der Waals surface area contributed by atoms with Crippen LogP contribution >= 0.6 is 24.8 Å².